The molecule has 0 aromatic heterocycles. The number of rotatable bonds is 1. The van der Waals surface area contributed by atoms with Crippen molar-refractivity contribution in [2.24, 2.45) is 11.8 Å². The molecule has 0 bridgehead atoms. The molecule has 0 spiro atoms. The summed E-state index contributed by atoms with van der Waals surface area (Å²) >= 11 is 0. The Kier molecular flexibility index (Phi) is 4.80. The Bertz CT molecular complexity index is 853. The second-order valence-electron chi connectivity index (χ2n) is 9.88. The number of likely N-dealkylation sites (tertiary alicyclic amines) is 2. The molecule has 0 radical (unpaired) electrons. The molecule has 4 aliphatic rings. The maximum atomic E-state index is 13.2. The molecule has 3 saturated heterocycles. The standard InChI is InChI=1S/C24H32N2O4/c1-15(27)26-11-6-8-19(26)23(28)25-12-10-20-16(14-25)13-18-22(29-20)17-7-4-5-9-21(17)30-24(18,2)3/h4-5,7,9,16,18-20,22H,6,8,10-14H2,1-3H3/t16-,18+,19-,20+,22-/m1/s1. The Morgan fingerprint density at radius 1 is 1.13 bits per heavy atom. The number of ether oxygens (including phenoxy) is 2. The van der Waals surface area contributed by atoms with E-state index in [1.165, 1.54) is 0 Å². The van der Waals surface area contributed by atoms with Gasteiger partial charge in [-0.25, -0.2) is 0 Å². The fourth-order valence-electron chi connectivity index (χ4n) is 6.07. The molecule has 0 aliphatic carbocycles. The van der Waals surface area contributed by atoms with Gasteiger partial charge in [0.1, 0.15) is 17.4 Å². The molecule has 4 heterocycles. The summed E-state index contributed by atoms with van der Waals surface area (Å²) in [5, 5.41) is 0. The number of para-hydroxylation sites is 1. The van der Waals surface area contributed by atoms with Crippen molar-refractivity contribution in [1.82, 2.24) is 9.80 Å². The highest BCUT2D eigenvalue weighted by atomic mass is 16.5. The molecule has 0 saturated carbocycles. The summed E-state index contributed by atoms with van der Waals surface area (Å²) in [5.74, 6) is 1.62. The molecule has 5 rings (SSSR count). The number of hydrogen-bond acceptors (Lipinski definition) is 4. The fraction of sp³-hybridized carbons (Fsp3) is 0.667. The summed E-state index contributed by atoms with van der Waals surface area (Å²) in [6.07, 6.45) is 3.76. The monoisotopic (exact) mass is 412 g/mol. The van der Waals surface area contributed by atoms with E-state index in [0.29, 0.717) is 25.6 Å². The second kappa shape index (κ2) is 7.26. The minimum atomic E-state index is -0.312. The average Bonchev–Trinajstić information content (AvgIpc) is 3.22. The molecule has 1 aromatic carbocycles. The Morgan fingerprint density at radius 3 is 2.73 bits per heavy atom. The Hall–Kier alpha value is -2.08. The summed E-state index contributed by atoms with van der Waals surface area (Å²) in [6, 6.07) is 7.94. The van der Waals surface area contributed by atoms with E-state index in [1.807, 2.05) is 17.0 Å². The summed E-state index contributed by atoms with van der Waals surface area (Å²) in [7, 11) is 0. The van der Waals surface area contributed by atoms with Gasteiger partial charge in [0, 0.05) is 44.0 Å². The quantitative estimate of drug-likeness (QED) is 0.711. The number of fused-ring (bicyclic) bond motifs is 4. The van der Waals surface area contributed by atoms with Crippen LogP contribution in [0.15, 0.2) is 24.3 Å². The molecule has 4 aliphatic heterocycles. The second-order valence-corrected chi connectivity index (χ2v) is 9.88. The largest absolute Gasteiger partial charge is 0.487 e. The van der Waals surface area contributed by atoms with Gasteiger partial charge in [-0.05, 0) is 45.6 Å². The van der Waals surface area contributed by atoms with Crippen LogP contribution in [0.3, 0.4) is 0 Å². The third-order valence-electron chi connectivity index (χ3n) is 7.65. The van der Waals surface area contributed by atoms with E-state index in [1.54, 1.807) is 11.8 Å². The topological polar surface area (TPSA) is 59.1 Å². The molecular formula is C24H32N2O4. The number of carbonyl (C=O) groups is 2. The van der Waals surface area contributed by atoms with Crippen molar-refractivity contribution in [2.45, 2.75) is 70.3 Å². The highest BCUT2D eigenvalue weighted by Gasteiger charge is 2.52. The SMILES string of the molecule is CC(=O)N1CCC[C@@H]1C(=O)N1CC[C@@H]2O[C@@H]3c4ccccc4OC(C)(C)[C@H]3C[C@@H]2C1. The van der Waals surface area contributed by atoms with Gasteiger partial charge in [-0.3, -0.25) is 9.59 Å². The first kappa shape index (κ1) is 19.9. The van der Waals surface area contributed by atoms with E-state index in [2.05, 4.69) is 26.0 Å². The first-order valence-corrected chi connectivity index (χ1v) is 11.3. The van der Waals surface area contributed by atoms with Crippen LogP contribution in [0.2, 0.25) is 0 Å². The van der Waals surface area contributed by atoms with Crippen LogP contribution in [0.5, 0.6) is 5.75 Å². The predicted octanol–water partition coefficient (Wildman–Crippen LogP) is 3.16. The summed E-state index contributed by atoms with van der Waals surface area (Å²) in [4.78, 5) is 28.9. The van der Waals surface area contributed by atoms with Gasteiger partial charge in [-0.15, -0.1) is 0 Å². The van der Waals surface area contributed by atoms with Gasteiger partial charge in [0.2, 0.25) is 11.8 Å². The first-order valence-electron chi connectivity index (χ1n) is 11.3. The van der Waals surface area contributed by atoms with Crippen LogP contribution in [-0.4, -0.2) is 59.0 Å². The minimum absolute atomic E-state index is 0.00402. The van der Waals surface area contributed by atoms with E-state index < -0.39 is 0 Å². The number of hydrogen-bond donors (Lipinski definition) is 0. The third kappa shape index (κ3) is 3.20. The van der Waals surface area contributed by atoms with Crippen molar-refractivity contribution in [2.75, 3.05) is 19.6 Å². The lowest BCUT2D eigenvalue weighted by Crippen LogP contribution is -2.57. The summed E-state index contributed by atoms with van der Waals surface area (Å²) < 4.78 is 13.0. The van der Waals surface area contributed by atoms with Crippen molar-refractivity contribution >= 4 is 11.8 Å². The number of amides is 2. The fourth-order valence-corrected chi connectivity index (χ4v) is 6.07. The van der Waals surface area contributed by atoms with E-state index in [-0.39, 0.29) is 41.6 Å². The molecule has 1 aromatic rings. The summed E-state index contributed by atoms with van der Waals surface area (Å²) in [5.41, 5.74) is 0.842. The lowest BCUT2D eigenvalue weighted by atomic mass is 9.70. The first-order chi connectivity index (χ1) is 14.3. The normalized spacial score (nSPS) is 34.4. The van der Waals surface area contributed by atoms with Gasteiger partial charge in [0.25, 0.3) is 0 Å². The van der Waals surface area contributed by atoms with Crippen LogP contribution < -0.4 is 4.74 Å². The van der Waals surface area contributed by atoms with Gasteiger partial charge >= 0.3 is 0 Å². The van der Waals surface area contributed by atoms with E-state index >= 15 is 0 Å². The molecule has 3 fully saturated rings. The van der Waals surface area contributed by atoms with Gasteiger partial charge in [-0.1, -0.05) is 18.2 Å². The van der Waals surface area contributed by atoms with Gasteiger partial charge < -0.3 is 19.3 Å². The molecule has 0 unspecified atom stereocenters. The number of benzene rings is 1. The summed E-state index contributed by atoms with van der Waals surface area (Å²) in [6.45, 7) is 7.99. The minimum Gasteiger partial charge on any atom is -0.487 e. The molecule has 6 nitrogen and oxygen atoms in total. The average molecular weight is 413 g/mol. The Morgan fingerprint density at radius 2 is 1.93 bits per heavy atom. The van der Waals surface area contributed by atoms with Crippen molar-refractivity contribution in [3.8, 4) is 5.75 Å². The molecule has 30 heavy (non-hydrogen) atoms. The van der Waals surface area contributed by atoms with Crippen molar-refractivity contribution in [3.63, 3.8) is 0 Å². The number of nitrogens with zero attached hydrogens (tertiary/aromatic N) is 2. The van der Waals surface area contributed by atoms with Gasteiger partial charge in [0.15, 0.2) is 0 Å². The zero-order valence-electron chi connectivity index (χ0n) is 18.2. The molecular weight excluding hydrogens is 380 g/mol. The van der Waals surface area contributed by atoms with Crippen LogP contribution in [0, 0.1) is 11.8 Å². The molecule has 2 amide bonds. The number of carbonyl (C=O) groups excluding carboxylic acids is 2. The third-order valence-corrected chi connectivity index (χ3v) is 7.65. The highest BCUT2D eigenvalue weighted by Crippen LogP contribution is 2.52. The van der Waals surface area contributed by atoms with Gasteiger partial charge in [-0.2, -0.15) is 0 Å². The molecule has 6 heteroatoms. The molecule has 162 valence electrons. The highest BCUT2D eigenvalue weighted by molar-refractivity contribution is 5.87. The lowest BCUT2D eigenvalue weighted by Gasteiger charge is -2.53. The van der Waals surface area contributed by atoms with Crippen LogP contribution in [0.25, 0.3) is 0 Å². The van der Waals surface area contributed by atoms with Gasteiger partial charge in [0.05, 0.1) is 12.2 Å². The maximum absolute atomic E-state index is 13.2. The maximum Gasteiger partial charge on any atom is 0.245 e. The number of piperidine rings is 1. The van der Waals surface area contributed by atoms with Crippen LogP contribution in [0.1, 0.15) is 58.1 Å². The molecule has 5 atom stereocenters. The molecule has 0 N–H and O–H groups in total. The Balaban J connectivity index is 1.33. The van der Waals surface area contributed by atoms with E-state index in [0.717, 1.165) is 37.0 Å². The van der Waals surface area contributed by atoms with Crippen molar-refractivity contribution in [1.29, 1.82) is 0 Å². The van der Waals surface area contributed by atoms with Crippen molar-refractivity contribution < 1.29 is 19.1 Å². The zero-order chi connectivity index (χ0) is 21.0. The Labute approximate surface area is 178 Å². The van der Waals surface area contributed by atoms with Crippen molar-refractivity contribution in [3.05, 3.63) is 29.8 Å². The predicted molar refractivity (Wildman–Crippen MR) is 112 cm³/mol. The van der Waals surface area contributed by atoms with Crippen LogP contribution in [-0.2, 0) is 14.3 Å². The van der Waals surface area contributed by atoms with Crippen LogP contribution >= 0.6 is 0 Å². The van der Waals surface area contributed by atoms with E-state index in [9.17, 15) is 9.59 Å². The smallest absolute Gasteiger partial charge is 0.245 e. The van der Waals surface area contributed by atoms with E-state index in [4.69, 9.17) is 9.47 Å². The lowest BCUT2D eigenvalue weighted by molar-refractivity contribution is -0.189. The van der Waals surface area contributed by atoms with Crippen LogP contribution in [0.4, 0.5) is 0 Å². The zero-order valence-corrected chi connectivity index (χ0v) is 18.2.